The standard InChI is InChI=1S/C25H33N5O2S/c1-28(2)14-8-15-30-21-13-12-19(29(3)24(32)18-9-5-4-6-10-18)17-20(21)26-25(30)27-23(31)22-11-7-16-33-22/h7,11-13,16-18H,4-6,8-10,14-15H2,1-3H3,(H,26,27,31). The lowest BCUT2D eigenvalue weighted by Gasteiger charge is -2.26. The van der Waals surface area contributed by atoms with Crippen molar-refractivity contribution in [3.63, 3.8) is 0 Å². The molecule has 0 aliphatic heterocycles. The highest BCUT2D eigenvalue weighted by atomic mass is 32.1. The number of anilines is 2. The number of aryl methyl sites for hydroxylation is 1. The summed E-state index contributed by atoms with van der Waals surface area (Å²) in [5.41, 5.74) is 2.58. The van der Waals surface area contributed by atoms with Gasteiger partial charge < -0.3 is 14.4 Å². The Morgan fingerprint density at radius 2 is 1.94 bits per heavy atom. The minimum Gasteiger partial charge on any atom is -0.315 e. The molecule has 1 saturated carbocycles. The quantitative estimate of drug-likeness (QED) is 0.514. The van der Waals surface area contributed by atoms with Crippen molar-refractivity contribution in [3.05, 3.63) is 40.6 Å². The van der Waals surface area contributed by atoms with Gasteiger partial charge in [0.1, 0.15) is 0 Å². The highest BCUT2D eigenvalue weighted by Crippen LogP contribution is 2.29. The zero-order chi connectivity index (χ0) is 23.4. The number of hydrogen-bond donors (Lipinski definition) is 1. The lowest BCUT2D eigenvalue weighted by Crippen LogP contribution is -2.33. The second-order valence-electron chi connectivity index (χ2n) is 9.08. The van der Waals surface area contributed by atoms with Crippen LogP contribution in [0.2, 0.25) is 0 Å². The van der Waals surface area contributed by atoms with Crippen molar-refractivity contribution in [1.82, 2.24) is 14.5 Å². The molecule has 8 heteroatoms. The summed E-state index contributed by atoms with van der Waals surface area (Å²) in [7, 11) is 5.96. The van der Waals surface area contributed by atoms with Gasteiger partial charge in [-0.25, -0.2) is 4.98 Å². The van der Waals surface area contributed by atoms with Gasteiger partial charge in [-0.3, -0.25) is 14.9 Å². The van der Waals surface area contributed by atoms with Gasteiger partial charge in [0.05, 0.1) is 15.9 Å². The van der Waals surface area contributed by atoms with E-state index in [1.54, 1.807) is 4.90 Å². The molecule has 1 N–H and O–H groups in total. The van der Waals surface area contributed by atoms with Crippen molar-refractivity contribution in [2.75, 3.05) is 37.9 Å². The summed E-state index contributed by atoms with van der Waals surface area (Å²) in [4.78, 5) is 35.1. The third-order valence-electron chi connectivity index (χ3n) is 6.36. The van der Waals surface area contributed by atoms with Crippen molar-refractivity contribution in [2.45, 2.75) is 45.1 Å². The maximum atomic E-state index is 13.0. The van der Waals surface area contributed by atoms with Gasteiger partial charge in [0.15, 0.2) is 0 Å². The first-order valence-electron chi connectivity index (χ1n) is 11.7. The van der Waals surface area contributed by atoms with E-state index < -0.39 is 0 Å². The number of aromatic nitrogens is 2. The molecule has 7 nitrogen and oxygen atoms in total. The third-order valence-corrected chi connectivity index (χ3v) is 7.23. The predicted octanol–water partition coefficient (Wildman–Crippen LogP) is 4.84. The second-order valence-corrected chi connectivity index (χ2v) is 10.0. The van der Waals surface area contributed by atoms with E-state index in [4.69, 9.17) is 4.98 Å². The molecule has 0 unspecified atom stereocenters. The first-order valence-corrected chi connectivity index (χ1v) is 12.6. The average Bonchev–Trinajstić information content (AvgIpc) is 3.47. The molecule has 2 amide bonds. The van der Waals surface area contributed by atoms with Crippen LogP contribution in [0.1, 0.15) is 48.2 Å². The third kappa shape index (κ3) is 5.45. The summed E-state index contributed by atoms with van der Waals surface area (Å²) >= 11 is 1.41. The van der Waals surface area contributed by atoms with E-state index in [9.17, 15) is 9.59 Å². The summed E-state index contributed by atoms with van der Waals surface area (Å²) in [6.07, 6.45) is 6.38. The van der Waals surface area contributed by atoms with Crippen molar-refractivity contribution < 1.29 is 9.59 Å². The Labute approximate surface area is 199 Å². The normalized spacial score (nSPS) is 14.7. The smallest absolute Gasteiger partial charge is 0.268 e. The molecule has 3 aromatic rings. The fourth-order valence-electron chi connectivity index (χ4n) is 4.52. The highest BCUT2D eigenvalue weighted by Gasteiger charge is 2.25. The zero-order valence-electron chi connectivity index (χ0n) is 19.7. The van der Waals surface area contributed by atoms with E-state index in [1.165, 1.54) is 17.8 Å². The number of benzene rings is 1. The van der Waals surface area contributed by atoms with Gasteiger partial charge in [-0.15, -0.1) is 11.3 Å². The molecule has 1 fully saturated rings. The first kappa shape index (κ1) is 23.4. The van der Waals surface area contributed by atoms with Gasteiger partial charge in [0.2, 0.25) is 11.9 Å². The van der Waals surface area contributed by atoms with E-state index in [1.807, 2.05) is 42.8 Å². The molecule has 0 atom stereocenters. The summed E-state index contributed by atoms with van der Waals surface area (Å²) in [6, 6.07) is 9.63. The fourth-order valence-corrected chi connectivity index (χ4v) is 5.13. The number of rotatable bonds is 8. The van der Waals surface area contributed by atoms with Crippen molar-refractivity contribution in [1.29, 1.82) is 0 Å². The molecular weight excluding hydrogens is 434 g/mol. The van der Waals surface area contributed by atoms with Gasteiger partial charge in [0.25, 0.3) is 5.91 Å². The monoisotopic (exact) mass is 467 g/mol. The summed E-state index contributed by atoms with van der Waals surface area (Å²) in [5, 5.41) is 4.88. The Bertz CT molecular complexity index is 1100. The maximum Gasteiger partial charge on any atom is 0.268 e. The summed E-state index contributed by atoms with van der Waals surface area (Å²) in [6.45, 7) is 1.68. The summed E-state index contributed by atoms with van der Waals surface area (Å²) < 4.78 is 2.07. The number of amides is 2. The molecule has 33 heavy (non-hydrogen) atoms. The minimum absolute atomic E-state index is 0.115. The molecule has 176 valence electrons. The van der Waals surface area contributed by atoms with Crippen molar-refractivity contribution in [2.24, 2.45) is 5.92 Å². The number of thiophene rings is 1. The van der Waals surface area contributed by atoms with Crippen molar-refractivity contribution >= 4 is 45.8 Å². The minimum atomic E-state index is -0.154. The molecule has 4 rings (SSSR count). The van der Waals surface area contributed by atoms with Crippen LogP contribution in [0.3, 0.4) is 0 Å². The van der Waals surface area contributed by atoms with Crippen LogP contribution in [-0.4, -0.2) is 54.0 Å². The topological polar surface area (TPSA) is 70.5 Å². The van der Waals surface area contributed by atoms with Gasteiger partial charge in [0, 0.05) is 25.2 Å². The van der Waals surface area contributed by atoms with E-state index in [0.717, 1.165) is 61.9 Å². The molecule has 0 bridgehead atoms. The first-order chi connectivity index (χ1) is 15.9. The maximum absolute atomic E-state index is 13.0. The Morgan fingerprint density at radius 1 is 1.15 bits per heavy atom. The molecule has 1 aliphatic rings. The second kappa shape index (κ2) is 10.5. The number of hydrogen-bond acceptors (Lipinski definition) is 5. The van der Waals surface area contributed by atoms with Crippen LogP contribution in [0.4, 0.5) is 11.6 Å². The van der Waals surface area contributed by atoms with Crippen LogP contribution >= 0.6 is 11.3 Å². The van der Waals surface area contributed by atoms with Crippen molar-refractivity contribution in [3.8, 4) is 0 Å². The number of fused-ring (bicyclic) bond motifs is 1. The SMILES string of the molecule is CN(C)CCCn1c(NC(=O)c2cccs2)nc2cc(N(C)C(=O)C3CCCCC3)ccc21. The van der Waals surface area contributed by atoms with Crippen LogP contribution in [0.25, 0.3) is 11.0 Å². The van der Waals surface area contributed by atoms with Crippen LogP contribution < -0.4 is 10.2 Å². The Kier molecular flexibility index (Phi) is 7.45. The van der Waals surface area contributed by atoms with Gasteiger partial charge in [-0.1, -0.05) is 25.3 Å². The van der Waals surface area contributed by atoms with Gasteiger partial charge in [-0.2, -0.15) is 0 Å². The molecule has 0 spiro atoms. The van der Waals surface area contributed by atoms with Crippen LogP contribution in [0, 0.1) is 5.92 Å². The van der Waals surface area contributed by atoms with E-state index >= 15 is 0 Å². The molecule has 1 aromatic carbocycles. The Hall–Kier alpha value is -2.71. The number of nitrogens with zero attached hydrogens (tertiary/aromatic N) is 4. The largest absolute Gasteiger partial charge is 0.315 e. The Morgan fingerprint density at radius 3 is 2.64 bits per heavy atom. The fraction of sp³-hybridized carbons (Fsp3) is 0.480. The Balaban J connectivity index is 1.61. The lowest BCUT2D eigenvalue weighted by molar-refractivity contribution is -0.123. The molecule has 1 aliphatic carbocycles. The average molecular weight is 468 g/mol. The van der Waals surface area contributed by atoms with Gasteiger partial charge in [-0.05, 0) is 69.5 Å². The van der Waals surface area contributed by atoms with E-state index in [-0.39, 0.29) is 17.7 Å². The molecular formula is C25H33N5O2S. The number of nitrogens with one attached hydrogen (secondary N) is 1. The molecule has 0 saturated heterocycles. The van der Waals surface area contributed by atoms with E-state index in [0.29, 0.717) is 10.8 Å². The number of imidazole rings is 1. The predicted molar refractivity (Wildman–Crippen MR) is 135 cm³/mol. The number of carbonyl (C=O) groups excluding carboxylic acids is 2. The van der Waals surface area contributed by atoms with E-state index in [2.05, 4.69) is 28.9 Å². The zero-order valence-corrected chi connectivity index (χ0v) is 20.5. The highest BCUT2D eigenvalue weighted by molar-refractivity contribution is 7.12. The van der Waals surface area contributed by atoms with Crippen LogP contribution in [0.15, 0.2) is 35.7 Å². The summed E-state index contributed by atoms with van der Waals surface area (Å²) in [5.74, 6) is 0.689. The van der Waals surface area contributed by atoms with Crippen LogP contribution in [0.5, 0.6) is 0 Å². The molecule has 0 radical (unpaired) electrons. The lowest BCUT2D eigenvalue weighted by atomic mass is 9.88. The molecule has 2 heterocycles. The number of carbonyl (C=O) groups is 2. The van der Waals surface area contributed by atoms with Gasteiger partial charge >= 0.3 is 0 Å². The van der Waals surface area contributed by atoms with Crippen LogP contribution in [-0.2, 0) is 11.3 Å². The molecule has 2 aromatic heterocycles.